The fraction of sp³-hybridized carbons (Fsp3) is 0.143. The van der Waals surface area contributed by atoms with Gasteiger partial charge in [-0.15, -0.1) is 11.3 Å². The van der Waals surface area contributed by atoms with Crippen LogP contribution >= 0.6 is 11.3 Å². The first kappa shape index (κ1) is 11.9. The Kier molecular flexibility index (Phi) is 3.29. The number of thiazole rings is 1. The van der Waals surface area contributed by atoms with Crippen LogP contribution in [0.4, 0.5) is 5.69 Å². The normalized spacial score (nSPS) is 10.6. The number of hydrogen-bond acceptors (Lipinski definition) is 4. The summed E-state index contributed by atoms with van der Waals surface area (Å²) in [6.45, 7) is 2.77. The molecule has 5 heteroatoms. The van der Waals surface area contributed by atoms with E-state index in [2.05, 4.69) is 38.9 Å². The van der Waals surface area contributed by atoms with Gasteiger partial charge in [0.25, 0.3) is 0 Å². The number of aryl methyl sites for hydroxylation is 1. The van der Waals surface area contributed by atoms with Gasteiger partial charge in [0, 0.05) is 34.8 Å². The number of imidazole rings is 1. The number of benzene rings is 1. The van der Waals surface area contributed by atoms with Crippen LogP contribution in [0, 0.1) is 6.92 Å². The summed E-state index contributed by atoms with van der Waals surface area (Å²) in [7, 11) is 0. The first-order chi connectivity index (χ1) is 9.31. The van der Waals surface area contributed by atoms with Crippen molar-refractivity contribution in [1.82, 2.24) is 14.5 Å². The molecule has 0 aliphatic carbocycles. The number of nitrogens with one attached hydrogen (secondary N) is 1. The molecule has 0 bridgehead atoms. The lowest BCUT2D eigenvalue weighted by atomic mass is 10.2. The van der Waals surface area contributed by atoms with Crippen molar-refractivity contribution in [2.75, 3.05) is 5.32 Å². The van der Waals surface area contributed by atoms with Gasteiger partial charge in [0.2, 0.25) is 0 Å². The summed E-state index contributed by atoms with van der Waals surface area (Å²) in [6, 6.07) is 8.24. The van der Waals surface area contributed by atoms with E-state index in [9.17, 15) is 0 Å². The third-order valence-electron chi connectivity index (χ3n) is 2.76. The highest BCUT2D eigenvalue weighted by molar-refractivity contribution is 7.09. The Morgan fingerprint density at radius 3 is 3.05 bits per heavy atom. The van der Waals surface area contributed by atoms with Crippen molar-refractivity contribution in [3.63, 3.8) is 0 Å². The topological polar surface area (TPSA) is 42.7 Å². The first-order valence-corrected chi connectivity index (χ1v) is 6.92. The molecule has 2 aromatic heterocycles. The Bertz CT molecular complexity index is 658. The largest absolute Gasteiger partial charge is 0.378 e. The van der Waals surface area contributed by atoms with E-state index in [1.54, 1.807) is 23.9 Å². The monoisotopic (exact) mass is 270 g/mol. The van der Waals surface area contributed by atoms with Crippen molar-refractivity contribution in [3.05, 3.63) is 59.1 Å². The predicted molar refractivity (Wildman–Crippen MR) is 77.7 cm³/mol. The predicted octanol–water partition coefficient (Wildman–Crippen LogP) is 3.25. The van der Waals surface area contributed by atoms with Crippen molar-refractivity contribution in [2.24, 2.45) is 0 Å². The van der Waals surface area contributed by atoms with E-state index in [-0.39, 0.29) is 0 Å². The smallest absolute Gasteiger partial charge is 0.112 e. The van der Waals surface area contributed by atoms with E-state index in [0.29, 0.717) is 0 Å². The third kappa shape index (κ3) is 2.82. The summed E-state index contributed by atoms with van der Waals surface area (Å²) in [6.07, 6.45) is 5.51. The van der Waals surface area contributed by atoms with Crippen molar-refractivity contribution in [1.29, 1.82) is 0 Å². The molecule has 19 heavy (non-hydrogen) atoms. The van der Waals surface area contributed by atoms with E-state index in [0.717, 1.165) is 28.6 Å². The zero-order valence-corrected chi connectivity index (χ0v) is 11.4. The van der Waals surface area contributed by atoms with Crippen LogP contribution in [0.3, 0.4) is 0 Å². The molecule has 0 aliphatic rings. The molecule has 0 saturated heterocycles. The van der Waals surface area contributed by atoms with Crippen molar-refractivity contribution in [2.45, 2.75) is 13.5 Å². The van der Waals surface area contributed by atoms with E-state index < -0.39 is 0 Å². The molecule has 0 radical (unpaired) electrons. The minimum absolute atomic E-state index is 0.756. The van der Waals surface area contributed by atoms with Gasteiger partial charge < -0.3 is 9.88 Å². The first-order valence-electron chi connectivity index (χ1n) is 6.04. The molecule has 0 fully saturated rings. The second-order valence-electron chi connectivity index (χ2n) is 4.26. The Hall–Kier alpha value is -2.14. The van der Waals surface area contributed by atoms with E-state index in [1.807, 2.05) is 23.8 Å². The Morgan fingerprint density at radius 2 is 2.32 bits per heavy atom. The molecule has 4 nitrogen and oxygen atoms in total. The highest BCUT2D eigenvalue weighted by Crippen LogP contribution is 2.16. The summed E-state index contributed by atoms with van der Waals surface area (Å²) < 4.78 is 1.98. The highest BCUT2D eigenvalue weighted by atomic mass is 32.1. The van der Waals surface area contributed by atoms with Gasteiger partial charge in [-0.3, -0.25) is 0 Å². The standard InChI is InChI=1S/C14H14N4S/c1-11-9-19-14(17-11)8-16-12-3-2-4-13(7-12)18-6-5-15-10-18/h2-7,9-10,16H,8H2,1H3. The molecular weight excluding hydrogens is 256 g/mol. The number of anilines is 1. The number of aromatic nitrogens is 3. The van der Waals surface area contributed by atoms with Gasteiger partial charge in [0.05, 0.1) is 12.9 Å². The van der Waals surface area contributed by atoms with Crippen LogP contribution in [0.2, 0.25) is 0 Å². The zero-order valence-electron chi connectivity index (χ0n) is 10.6. The molecule has 3 aromatic rings. The lowest BCUT2D eigenvalue weighted by Crippen LogP contribution is -2.00. The molecule has 2 heterocycles. The quantitative estimate of drug-likeness (QED) is 0.791. The van der Waals surface area contributed by atoms with Crippen LogP contribution in [0.25, 0.3) is 5.69 Å². The SMILES string of the molecule is Cc1csc(CNc2cccc(-n3ccnc3)c2)n1. The Labute approximate surface area is 115 Å². The third-order valence-corrected chi connectivity index (χ3v) is 3.73. The molecule has 1 aromatic carbocycles. The average Bonchev–Trinajstić information content (AvgIpc) is 3.08. The molecule has 0 unspecified atom stereocenters. The fourth-order valence-corrected chi connectivity index (χ4v) is 2.56. The maximum Gasteiger partial charge on any atom is 0.112 e. The van der Waals surface area contributed by atoms with Crippen molar-refractivity contribution < 1.29 is 0 Å². The molecule has 0 saturated carbocycles. The molecule has 3 rings (SSSR count). The molecule has 0 spiro atoms. The Balaban J connectivity index is 1.73. The second-order valence-corrected chi connectivity index (χ2v) is 5.20. The molecule has 96 valence electrons. The molecular formula is C14H14N4S. The van der Waals surface area contributed by atoms with Gasteiger partial charge in [-0.2, -0.15) is 0 Å². The minimum Gasteiger partial charge on any atom is -0.378 e. The van der Waals surface area contributed by atoms with E-state index >= 15 is 0 Å². The fourth-order valence-electron chi connectivity index (χ4n) is 1.85. The zero-order chi connectivity index (χ0) is 13.1. The maximum absolute atomic E-state index is 4.44. The molecule has 0 amide bonds. The lowest BCUT2D eigenvalue weighted by molar-refractivity contribution is 1.05. The van der Waals surface area contributed by atoms with Crippen LogP contribution in [-0.2, 0) is 6.54 Å². The van der Waals surface area contributed by atoms with Gasteiger partial charge >= 0.3 is 0 Å². The summed E-state index contributed by atoms with van der Waals surface area (Å²) in [4.78, 5) is 8.50. The van der Waals surface area contributed by atoms with Crippen LogP contribution < -0.4 is 5.32 Å². The van der Waals surface area contributed by atoms with Gasteiger partial charge in [-0.25, -0.2) is 9.97 Å². The second kappa shape index (κ2) is 5.24. The summed E-state index contributed by atoms with van der Waals surface area (Å²) >= 11 is 1.68. The average molecular weight is 270 g/mol. The number of hydrogen-bond donors (Lipinski definition) is 1. The van der Waals surface area contributed by atoms with Crippen LogP contribution in [-0.4, -0.2) is 14.5 Å². The summed E-state index contributed by atoms with van der Waals surface area (Å²) in [5.74, 6) is 0. The molecule has 1 N–H and O–H groups in total. The van der Waals surface area contributed by atoms with E-state index in [1.165, 1.54) is 0 Å². The summed E-state index contributed by atoms with van der Waals surface area (Å²) in [5, 5.41) is 6.56. The Morgan fingerprint density at radius 1 is 1.37 bits per heavy atom. The van der Waals surface area contributed by atoms with E-state index in [4.69, 9.17) is 0 Å². The molecule has 0 atom stereocenters. The highest BCUT2D eigenvalue weighted by Gasteiger charge is 2.00. The number of nitrogens with zero attached hydrogens (tertiary/aromatic N) is 3. The van der Waals surface area contributed by atoms with Crippen LogP contribution in [0.1, 0.15) is 10.7 Å². The van der Waals surface area contributed by atoms with Gasteiger partial charge in [0.1, 0.15) is 5.01 Å². The summed E-state index contributed by atoms with van der Waals surface area (Å²) in [5.41, 5.74) is 3.26. The van der Waals surface area contributed by atoms with Gasteiger partial charge in [-0.05, 0) is 25.1 Å². The number of rotatable bonds is 4. The van der Waals surface area contributed by atoms with Crippen molar-refractivity contribution in [3.8, 4) is 5.69 Å². The lowest BCUT2D eigenvalue weighted by Gasteiger charge is -2.07. The van der Waals surface area contributed by atoms with Gasteiger partial charge in [0.15, 0.2) is 0 Å². The minimum atomic E-state index is 0.756. The van der Waals surface area contributed by atoms with Crippen LogP contribution in [0.5, 0.6) is 0 Å². The van der Waals surface area contributed by atoms with Gasteiger partial charge in [-0.1, -0.05) is 6.07 Å². The maximum atomic E-state index is 4.44. The molecule has 0 aliphatic heterocycles. The van der Waals surface area contributed by atoms with Crippen molar-refractivity contribution >= 4 is 17.0 Å². The van der Waals surface area contributed by atoms with Crippen LogP contribution in [0.15, 0.2) is 48.4 Å².